The van der Waals surface area contributed by atoms with E-state index >= 15 is 0 Å². The van der Waals surface area contributed by atoms with Crippen molar-refractivity contribution in [3.8, 4) is 0 Å². The third-order valence-electron chi connectivity index (χ3n) is 4.22. The van der Waals surface area contributed by atoms with Crippen molar-refractivity contribution in [1.29, 1.82) is 0 Å². The smallest absolute Gasteiger partial charge is 0.0419 e. The Morgan fingerprint density at radius 1 is 1.29 bits per heavy atom. The molecule has 3 rings (SSSR count). The molecular formula is C18H24N2S. The molecule has 0 amide bonds. The fraction of sp³-hybridized carbons (Fsp3) is 0.444. The van der Waals surface area contributed by atoms with E-state index in [9.17, 15) is 0 Å². The minimum atomic E-state index is 0.454. The molecular weight excluding hydrogens is 276 g/mol. The highest BCUT2D eigenvalue weighted by Gasteiger charge is 2.22. The van der Waals surface area contributed by atoms with Gasteiger partial charge in [-0.15, -0.1) is 11.3 Å². The van der Waals surface area contributed by atoms with Crippen LogP contribution in [0.5, 0.6) is 0 Å². The van der Waals surface area contributed by atoms with E-state index in [0.717, 1.165) is 19.5 Å². The van der Waals surface area contributed by atoms with E-state index < -0.39 is 0 Å². The molecule has 1 aromatic heterocycles. The highest BCUT2D eigenvalue weighted by Crippen LogP contribution is 2.30. The maximum absolute atomic E-state index is 3.93. The van der Waals surface area contributed by atoms with Crippen molar-refractivity contribution in [3.63, 3.8) is 0 Å². The van der Waals surface area contributed by atoms with Gasteiger partial charge in [0.05, 0.1) is 0 Å². The molecule has 2 heterocycles. The summed E-state index contributed by atoms with van der Waals surface area (Å²) < 4.78 is 0. The van der Waals surface area contributed by atoms with E-state index in [4.69, 9.17) is 0 Å². The van der Waals surface area contributed by atoms with E-state index in [2.05, 4.69) is 59.3 Å². The van der Waals surface area contributed by atoms with Crippen molar-refractivity contribution in [1.82, 2.24) is 10.6 Å². The molecule has 0 fully saturated rings. The Kier molecular flexibility index (Phi) is 5.07. The van der Waals surface area contributed by atoms with Crippen LogP contribution < -0.4 is 10.6 Å². The average Bonchev–Trinajstić information content (AvgIpc) is 2.97. The van der Waals surface area contributed by atoms with Gasteiger partial charge in [0.1, 0.15) is 0 Å². The maximum atomic E-state index is 3.93. The van der Waals surface area contributed by atoms with Crippen molar-refractivity contribution >= 4 is 11.3 Å². The summed E-state index contributed by atoms with van der Waals surface area (Å²) in [5, 5.41) is 9.64. The standard InChI is InChI=1S/C18H24N2S/c1-2-6-17(18-9-5-12-21-18)20-16-10-11-19-13-14-7-3-4-8-15(14)16/h3-5,7-9,12,16-17,19-20H,2,6,10-11,13H2,1H3. The van der Waals surface area contributed by atoms with Gasteiger partial charge in [0.2, 0.25) is 0 Å². The Morgan fingerprint density at radius 2 is 2.19 bits per heavy atom. The van der Waals surface area contributed by atoms with Gasteiger partial charge in [-0.25, -0.2) is 0 Å². The lowest BCUT2D eigenvalue weighted by Crippen LogP contribution is -2.27. The van der Waals surface area contributed by atoms with Crippen LogP contribution in [0.1, 0.15) is 54.3 Å². The van der Waals surface area contributed by atoms with Gasteiger partial charge in [0.15, 0.2) is 0 Å². The van der Waals surface area contributed by atoms with E-state index in [1.54, 1.807) is 0 Å². The van der Waals surface area contributed by atoms with Crippen LogP contribution in [0.3, 0.4) is 0 Å². The van der Waals surface area contributed by atoms with Gasteiger partial charge >= 0.3 is 0 Å². The molecule has 2 aromatic rings. The van der Waals surface area contributed by atoms with Gasteiger partial charge in [0, 0.05) is 23.5 Å². The summed E-state index contributed by atoms with van der Waals surface area (Å²) in [7, 11) is 0. The molecule has 1 aliphatic rings. The Hall–Kier alpha value is -1.16. The molecule has 3 heteroatoms. The molecule has 2 atom stereocenters. The van der Waals surface area contributed by atoms with Gasteiger partial charge in [0.25, 0.3) is 0 Å². The third-order valence-corrected chi connectivity index (χ3v) is 5.21. The Morgan fingerprint density at radius 3 is 3.00 bits per heavy atom. The minimum absolute atomic E-state index is 0.454. The molecule has 0 bridgehead atoms. The van der Waals surface area contributed by atoms with Crippen molar-refractivity contribution in [2.24, 2.45) is 0 Å². The average molecular weight is 300 g/mol. The van der Waals surface area contributed by atoms with Crippen molar-refractivity contribution in [2.75, 3.05) is 6.54 Å². The quantitative estimate of drug-likeness (QED) is 0.854. The van der Waals surface area contributed by atoms with Gasteiger partial charge in [-0.2, -0.15) is 0 Å². The van der Waals surface area contributed by atoms with E-state index in [0.29, 0.717) is 12.1 Å². The molecule has 0 saturated carbocycles. The van der Waals surface area contributed by atoms with E-state index in [-0.39, 0.29) is 0 Å². The largest absolute Gasteiger partial charge is 0.313 e. The predicted molar refractivity (Wildman–Crippen MR) is 90.6 cm³/mol. The highest BCUT2D eigenvalue weighted by molar-refractivity contribution is 7.10. The molecule has 0 aliphatic carbocycles. The molecule has 1 aliphatic heterocycles. The molecule has 21 heavy (non-hydrogen) atoms. The molecule has 2 N–H and O–H groups in total. The fourth-order valence-electron chi connectivity index (χ4n) is 3.16. The second-order valence-corrected chi connectivity index (χ2v) is 6.72. The lowest BCUT2D eigenvalue weighted by atomic mass is 9.97. The Bertz CT molecular complexity index is 550. The molecule has 112 valence electrons. The summed E-state index contributed by atoms with van der Waals surface area (Å²) in [5.41, 5.74) is 2.91. The van der Waals surface area contributed by atoms with Crippen LogP contribution >= 0.6 is 11.3 Å². The Balaban J connectivity index is 1.82. The summed E-state index contributed by atoms with van der Waals surface area (Å²) in [5.74, 6) is 0. The van der Waals surface area contributed by atoms with Crippen LogP contribution in [-0.4, -0.2) is 6.54 Å². The van der Waals surface area contributed by atoms with Crippen LogP contribution in [0.25, 0.3) is 0 Å². The van der Waals surface area contributed by atoms with Gasteiger partial charge in [-0.3, -0.25) is 0 Å². The zero-order chi connectivity index (χ0) is 14.5. The number of rotatable bonds is 5. The molecule has 1 aromatic carbocycles. The number of hydrogen-bond donors (Lipinski definition) is 2. The van der Waals surface area contributed by atoms with Gasteiger partial charge in [-0.05, 0) is 42.0 Å². The van der Waals surface area contributed by atoms with Gasteiger partial charge < -0.3 is 10.6 Å². The minimum Gasteiger partial charge on any atom is -0.313 e. The fourth-order valence-corrected chi connectivity index (χ4v) is 3.98. The zero-order valence-electron chi connectivity index (χ0n) is 12.6. The first-order valence-corrected chi connectivity index (χ1v) is 8.84. The van der Waals surface area contributed by atoms with Crippen molar-refractivity contribution < 1.29 is 0 Å². The topological polar surface area (TPSA) is 24.1 Å². The van der Waals surface area contributed by atoms with Crippen LogP contribution in [0, 0.1) is 0 Å². The van der Waals surface area contributed by atoms with Crippen molar-refractivity contribution in [2.45, 2.75) is 44.8 Å². The van der Waals surface area contributed by atoms with E-state index in [1.165, 1.54) is 28.8 Å². The van der Waals surface area contributed by atoms with Crippen LogP contribution in [0.4, 0.5) is 0 Å². The van der Waals surface area contributed by atoms with Crippen LogP contribution in [0.2, 0.25) is 0 Å². The maximum Gasteiger partial charge on any atom is 0.0419 e. The number of nitrogens with one attached hydrogen (secondary N) is 2. The zero-order valence-corrected chi connectivity index (χ0v) is 13.5. The Labute approximate surface area is 131 Å². The predicted octanol–water partition coefficient (Wildman–Crippen LogP) is 4.41. The normalized spacial score (nSPS) is 19.8. The number of thiophene rings is 1. The lowest BCUT2D eigenvalue weighted by Gasteiger charge is -2.25. The summed E-state index contributed by atoms with van der Waals surface area (Å²) in [4.78, 5) is 1.46. The first-order chi connectivity index (χ1) is 10.4. The number of hydrogen-bond acceptors (Lipinski definition) is 3. The number of benzene rings is 1. The van der Waals surface area contributed by atoms with Crippen LogP contribution in [-0.2, 0) is 6.54 Å². The highest BCUT2D eigenvalue weighted by atomic mass is 32.1. The molecule has 0 spiro atoms. The van der Waals surface area contributed by atoms with E-state index in [1.807, 2.05) is 11.3 Å². The second kappa shape index (κ2) is 7.21. The first kappa shape index (κ1) is 14.8. The molecule has 0 saturated heterocycles. The molecule has 2 unspecified atom stereocenters. The summed E-state index contributed by atoms with van der Waals surface area (Å²) in [6, 6.07) is 14.2. The monoisotopic (exact) mass is 300 g/mol. The second-order valence-electron chi connectivity index (χ2n) is 5.74. The first-order valence-electron chi connectivity index (χ1n) is 7.96. The SMILES string of the molecule is CCCC(NC1CCNCc2ccccc21)c1cccs1. The van der Waals surface area contributed by atoms with Crippen LogP contribution in [0.15, 0.2) is 41.8 Å². The van der Waals surface area contributed by atoms with Gasteiger partial charge in [-0.1, -0.05) is 43.7 Å². The number of fused-ring (bicyclic) bond motifs is 1. The summed E-state index contributed by atoms with van der Waals surface area (Å²) in [6.45, 7) is 4.34. The summed E-state index contributed by atoms with van der Waals surface area (Å²) >= 11 is 1.87. The summed E-state index contributed by atoms with van der Waals surface area (Å²) in [6.07, 6.45) is 3.57. The lowest BCUT2D eigenvalue weighted by molar-refractivity contribution is 0.408. The van der Waals surface area contributed by atoms with Crippen molar-refractivity contribution in [3.05, 3.63) is 57.8 Å². The molecule has 0 radical (unpaired) electrons. The molecule has 2 nitrogen and oxygen atoms in total. The third kappa shape index (κ3) is 3.54.